The molecule has 1 atom stereocenters. The largest absolute Gasteiger partial charge is 0.367 e. The van der Waals surface area contributed by atoms with Gasteiger partial charge in [0, 0.05) is 44.6 Å². The number of hydrogen-bond donors (Lipinski definition) is 0. The lowest BCUT2D eigenvalue weighted by Gasteiger charge is -2.41. The highest BCUT2D eigenvalue weighted by Crippen LogP contribution is 2.34. The van der Waals surface area contributed by atoms with Gasteiger partial charge >= 0.3 is 0 Å². The zero-order chi connectivity index (χ0) is 19.8. The van der Waals surface area contributed by atoms with Gasteiger partial charge in [-0.1, -0.05) is 6.42 Å². The van der Waals surface area contributed by atoms with Gasteiger partial charge in [-0.3, -0.25) is 4.68 Å². The van der Waals surface area contributed by atoms with Crippen LogP contribution in [0.5, 0.6) is 0 Å². The second-order valence-corrected chi connectivity index (χ2v) is 9.60. The molecule has 0 aliphatic carbocycles. The molecule has 8 nitrogen and oxygen atoms in total. The number of aromatic nitrogens is 3. The molecule has 2 aliphatic heterocycles. The molecule has 0 radical (unpaired) electrons. The summed E-state index contributed by atoms with van der Waals surface area (Å²) in [6.45, 7) is 4.76. The molecular formula is C19H27N5O3S. The van der Waals surface area contributed by atoms with E-state index in [9.17, 15) is 8.42 Å². The maximum atomic E-state index is 13.3. The van der Waals surface area contributed by atoms with Crippen LogP contribution in [0.25, 0.3) is 0 Å². The topological polar surface area (TPSA) is 80.6 Å². The molecule has 0 saturated carbocycles. The highest BCUT2D eigenvalue weighted by Gasteiger charge is 2.38. The van der Waals surface area contributed by atoms with Crippen LogP contribution in [0.3, 0.4) is 0 Å². The SMILES string of the molecule is Cn1cc(C2(C)CN(c3ncccc3S(=O)(=O)N3CCCCC3)CCO2)cn1. The van der Waals surface area contributed by atoms with Crippen LogP contribution in [0.15, 0.2) is 35.6 Å². The van der Waals surface area contributed by atoms with Gasteiger partial charge in [-0.15, -0.1) is 0 Å². The Morgan fingerprint density at radius 2 is 1.96 bits per heavy atom. The summed E-state index contributed by atoms with van der Waals surface area (Å²) >= 11 is 0. The molecule has 1 unspecified atom stereocenters. The molecule has 0 amide bonds. The molecule has 152 valence electrons. The molecule has 2 aliphatic rings. The Morgan fingerprint density at radius 1 is 1.18 bits per heavy atom. The summed E-state index contributed by atoms with van der Waals surface area (Å²) < 4.78 is 36.0. The van der Waals surface area contributed by atoms with Crippen LogP contribution in [-0.4, -0.2) is 60.3 Å². The first-order chi connectivity index (χ1) is 13.4. The minimum atomic E-state index is -3.57. The second kappa shape index (κ2) is 7.46. The van der Waals surface area contributed by atoms with E-state index in [2.05, 4.69) is 10.1 Å². The van der Waals surface area contributed by atoms with Crippen molar-refractivity contribution in [3.63, 3.8) is 0 Å². The van der Waals surface area contributed by atoms with Crippen molar-refractivity contribution < 1.29 is 13.2 Å². The van der Waals surface area contributed by atoms with Crippen LogP contribution >= 0.6 is 0 Å². The quantitative estimate of drug-likeness (QED) is 0.771. The zero-order valence-corrected chi connectivity index (χ0v) is 17.2. The number of morpholine rings is 1. The Morgan fingerprint density at radius 3 is 2.68 bits per heavy atom. The Labute approximate surface area is 166 Å². The van der Waals surface area contributed by atoms with Gasteiger partial charge in [0.1, 0.15) is 16.3 Å². The minimum absolute atomic E-state index is 0.285. The maximum absolute atomic E-state index is 13.3. The second-order valence-electron chi connectivity index (χ2n) is 7.69. The lowest BCUT2D eigenvalue weighted by molar-refractivity contribution is -0.0470. The monoisotopic (exact) mass is 405 g/mol. The minimum Gasteiger partial charge on any atom is -0.367 e. The molecule has 4 heterocycles. The summed E-state index contributed by atoms with van der Waals surface area (Å²) in [6, 6.07) is 3.37. The van der Waals surface area contributed by atoms with Crippen LogP contribution < -0.4 is 4.90 Å². The van der Waals surface area contributed by atoms with Crippen molar-refractivity contribution in [2.45, 2.75) is 36.7 Å². The van der Waals surface area contributed by atoms with E-state index in [-0.39, 0.29) is 4.90 Å². The van der Waals surface area contributed by atoms with Crippen molar-refractivity contribution in [1.29, 1.82) is 0 Å². The molecule has 0 aromatic carbocycles. The van der Waals surface area contributed by atoms with Gasteiger partial charge in [-0.05, 0) is 31.9 Å². The van der Waals surface area contributed by atoms with E-state index in [1.807, 2.05) is 25.1 Å². The van der Waals surface area contributed by atoms with Crippen molar-refractivity contribution in [2.24, 2.45) is 7.05 Å². The fourth-order valence-electron chi connectivity index (χ4n) is 3.99. The smallest absolute Gasteiger partial charge is 0.246 e. The van der Waals surface area contributed by atoms with Gasteiger partial charge in [0.15, 0.2) is 0 Å². The average molecular weight is 406 g/mol. The van der Waals surface area contributed by atoms with Crippen molar-refractivity contribution in [2.75, 3.05) is 37.7 Å². The van der Waals surface area contributed by atoms with Crippen molar-refractivity contribution >= 4 is 15.8 Å². The molecule has 0 N–H and O–H groups in total. The summed E-state index contributed by atoms with van der Waals surface area (Å²) in [5.41, 5.74) is 0.395. The fraction of sp³-hybridized carbons (Fsp3) is 0.579. The molecule has 4 rings (SSSR count). The third kappa shape index (κ3) is 3.54. The van der Waals surface area contributed by atoms with Crippen LogP contribution in [0, 0.1) is 0 Å². The molecule has 2 aromatic heterocycles. The lowest BCUT2D eigenvalue weighted by atomic mass is 9.97. The summed E-state index contributed by atoms with van der Waals surface area (Å²) in [6.07, 6.45) is 8.29. The van der Waals surface area contributed by atoms with E-state index < -0.39 is 15.6 Å². The summed E-state index contributed by atoms with van der Waals surface area (Å²) in [5, 5.41) is 4.25. The van der Waals surface area contributed by atoms with Crippen LogP contribution in [0.2, 0.25) is 0 Å². The maximum Gasteiger partial charge on any atom is 0.246 e. The van der Waals surface area contributed by atoms with E-state index in [1.165, 1.54) is 0 Å². The Hall–Kier alpha value is -1.97. The van der Waals surface area contributed by atoms with E-state index in [0.717, 1.165) is 24.8 Å². The number of sulfonamides is 1. The predicted octanol–water partition coefficient (Wildman–Crippen LogP) is 1.74. The summed E-state index contributed by atoms with van der Waals surface area (Å²) in [7, 11) is -1.70. The number of pyridine rings is 1. The number of nitrogens with zero attached hydrogens (tertiary/aromatic N) is 5. The van der Waals surface area contributed by atoms with Gasteiger partial charge in [0.25, 0.3) is 0 Å². The molecule has 2 fully saturated rings. The molecule has 28 heavy (non-hydrogen) atoms. The Balaban J connectivity index is 1.66. The molecule has 9 heteroatoms. The number of rotatable bonds is 4. The van der Waals surface area contributed by atoms with E-state index >= 15 is 0 Å². The Bertz CT molecular complexity index is 939. The number of ether oxygens (including phenoxy) is 1. The third-order valence-electron chi connectivity index (χ3n) is 5.57. The van der Waals surface area contributed by atoms with Gasteiger partial charge in [0.05, 0.1) is 19.3 Å². The molecular weight excluding hydrogens is 378 g/mol. The normalized spacial score (nSPS) is 24.4. The van der Waals surface area contributed by atoms with Crippen LogP contribution in [-0.2, 0) is 27.4 Å². The number of hydrogen-bond acceptors (Lipinski definition) is 6. The summed E-state index contributed by atoms with van der Waals surface area (Å²) in [5.74, 6) is 0.506. The molecule has 0 bridgehead atoms. The number of piperidine rings is 1. The van der Waals surface area contributed by atoms with E-state index in [1.54, 1.807) is 33.5 Å². The highest BCUT2D eigenvalue weighted by atomic mass is 32.2. The van der Waals surface area contributed by atoms with Gasteiger partial charge in [-0.25, -0.2) is 13.4 Å². The van der Waals surface area contributed by atoms with Gasteiger partial charge in [-0.2, -0.15) is 9.40 Å². The first-order valence-electron chi connectivity index (χ1n) is 9.73. The first-order valence-corrected chi connectivity index (χ1v) is 11.2. The van der Waals surface area contributed by atoms with E-state index in [4.69, 9.17) is 4.74 Å². The molecule has 0 spiro atoms. The predicted molar refractivity (Wildman–Crippen MR) is 106 cm³/mol. The lowest BCUT2D eigenvalue weighted by Crippen LogP contribution is -2.49. The van der Waals surface area contributed by atoms with E-state index in [0.29, 0.717) is 38.6 Å². The molecule has 2 aromatic rings. The standard InChI is InChI=1S/C19H27N5O3S/c1-19(16-13-21-22(2)14-16)15-23(11-12-27-19)18-17(7-6-8-20-18)28(25,26)24-9-4-3-5-10-24/h6-8,13-14H,3-5,9-12,15H2,1-2H3. The zero-order valence-electron chi connectivity index (χ0n) is 16.4. The first kappa shape index (κ1) is 19.4. The third-order valence-corrected chi connectivity index (χ3v) is 7.49. The van der Waals surface area contributed by atoms with Crippen molar-refractivity contribution in [1.82, 2.24) is 19.1 Å². The fourth-order valence-corrected chi connectivity index (χ4v) is 5.67. The highest BCUT2D eigenvalue weighted by molar-refractivity contribution is 7.89. The van der Waals surface area contributed by atoms with Crippen molar-refractivity contribution in [3.05, 3.63) is 36.3 Å². The average Bonchev–Trinajstić information content (AvgIpc) is 3.16. The van der Waals surface area contributed by atoms with Crippen LogP contribution in [0.4, 0.5) is 5.82 Å². The van der Waals surface area contributed by atoms with Crippen molar-refractivity contribution in [3.8, 4) is 0 Å². The number of aryl methyl sites for hydroxylation is 1. The summed E-state index contributed by atoms with van der Waals surface area (Å²) in [4.78, 5) is 6.78. The number of anilines is 1. The van der Waals surface area contributed by atoms with Gasteiger partial charge < -0.3 is 9.64 Å². The molecule has 2 saturated heterocycles. The van der Waals surface area contributed by atoms with Crippen LogP contribution in [0.1, 0.15) is 31.7 Å². The van der Waals surface area contributed by atoms with Gasteiger partial charge in [0.2, 0.25) is 10.0 Å². The Kier molecular flexibility index (Phi) is 5.15.